The summed E-state index contributed by atoms with van der Waals surface area (Å²) in [5.41, 5.74) is 7.41. The summed E-state index contributed by atoms with van der Waals surface area (Å²) in [6.45, 7) is 0.521. The maximum absolute atomic E-state index is 12.5. The number of allylic oxidation sites excluding steroid dienone is 2. The van der Waals surface area contributed by atoms with Crippen LogP contribution in [0.4, 0.5) is 0 Å². The van der Waals surface area contributed by atoms with E-state index in [0.29, 0.717) is 19.4 Å². The maximum Gasteiger partial charge on any atom is 0.233 e. The number of ether oxygens (including phenoxy) is 1. The van der Waals surface area contributed by atoms with Crippen molar-refractivity contribution in [3.63, 3.8) is 0 Å². The van der Waals surface area contributed by atoms with Gasteiger partial charge in [0.05, 0.1) is 18.9 Å². The van der Waals surface area contributed by atoms with Crippen molar-refractivity contribution in [3.05, 3.63) is 36.5 Å². The van der Waals surface area contributed by atoms with Crippen LogP contribution in [0, 0.1) is 11.8 Å². The maximum atomic E-state index is 12.5. The number of aromatic amines is 1. The second-order valence-electron chi connectivity index (χ2n) is 8.12. The number of H-pyrrole nitrogens is 1. The zero-order valence-corrected chi connectivity index (χ0v) is 18.1. The second-order valence-corrected chi connectivity index (χ2v) is 9.18. The lowest BCUT2D eigenvalue weighted by Gasteiger charge is -2.15. The number of amides is 2. The van der Waals surface area contributed by atoms with Gasteiger partial charge in [0.25, 0.3) is 0 Å². The zero-order valence-electron chi connectivity index (χ0n) is 17.3. The third-order valence-electron chi connectivity index (χ3n) is 6.11. The number of methoxy groups -OCH3 is 1. The fraction of sp³-hybridized carbons (Fsp3) is 0.478. The van der Waals surface area contributed by atoms with Crippen molar-refractivity contribution in [2.24, 2.45) is 17.6 Å². The van der Waals surface area contributed by atoms with Crippen LogP contribution in [0.15, 0.2) is 41.4 Å². The Morgan fingerprint density at radius 1 is 1.20 bits per heavy atom. The van der Waals surface area contributed by atoms with E-state index in [1.807, 2.05) is 36.5 Å². The van der Waals surface area contributed by atoms with Gasteiger partial charge in [-0.15, -0.1) is 11.8 Å². The predicted molar refractivity (Wildman–Crippen MR) is 119 cm³/mol. The molecule has 1 fully saturated rings. The molecule has 2 amide bonds. The third kappa shape index (κ3) is 4.27. The summed E-state index contributed by atoms with van der Waals surface area (Å²) in [5, 5.41) is 1.15. The number of unbranched alkanes of at least 4 members (excludes halogenated alkanes) is 1. The lowest BCUT2D eigenvalue weighted by Crippen LogP contribution is -2.32. The number of rotatable bonds is 9. The van der Waals surface area contributed by atoms with Crippen LogP contribution in [0.5, 0.6) is 5.75 Å². The molecule has 160 valence electrons. The SMILES string of the molecule is COc1ccc2[nH]cc(SCC(N)CCCCN3C(=O)[C@H]4CC=CC[C@H]4C3=O)c2c1. The van der Waals surface area contributed by atoms with Gasteiger partial charge in [-0.2, -0.15) is 0 Å². The molecule has 0 saturated carbocycles. The smallest absolute Gasteiger partial charge is 0.233 e. The Hall–Kier alpha value is -2.25. The molecule has 1 saturated heterocycles. The summed E-state index contributed by atoms with van der Waals surface area (Å²) >= 11 is 1.74. The standard InChI is InChI=1S/C23H29N3O3S/c1-29-16-9-10-20-19(12-16)21(13-25-20)30-14-15(24)6-4-5-11-26-22(27)17-7-2-3-8-18(17)23(26)28/h2-3,9-10,12-13,15,17-18,25H,4-8,11,14,24H2,1H3/t15?,17-,18+. The van der Waals surface area contributed by atoms with Crippen LogP contribution >= 0.6 is 11.8 Å². The van der Waals surface area contributed by atoms with Crippen molar-refractivity contribution >= 4 is 34.5 Å². The normalized spacial score (nSPS) is 22.0. The molecule has 3 atom stereocenters. The first-order valence-corrected chi connectivity index (χ1v) is 11.6. The highest BCUT2D eigenvalue weighted by atomic mass is 32.2. The van der Waals surface area contributed by atoms with Crippen LogP contribution in [-0.4, -0.2) is 47.1 Å². The molecule has 2 heterocycles. The highest BCUT2D eigenvalue weighted by Gasteiger charge is 2.46. The van der Waals surface area contributed by atoms with Crippen LogP contribution in [0.3, 0.4) is 0 Å². The van der Waals surface area contributed by atoms with Gasteiger partial charge >= 0.3 is 0 Å². The third-order valence-corrected chi connectivity index (χ3v) is 7.35. The fourth-order valence-electron chi connectivity index (χ4n) is 4.37. The number of carbonyl (C=O) groups is 2. The second kappa shape index (κ2) is 9.27. The quantitative estimate of drug-likeness (QED) is 0.276. The Morgan fingerprint density at radius 3 is 2.63 bits per heavy atom. The van der Waals surface area contributed by atoms with Gasteiger partial charge < -0.3 is 15.5 Å². The number of fused-ring (bicyclic) bond motifs is 2. The largest absolute Gasteiger partial charge is 0.497 e. The van der Waals surface area contributed by atoms with Crippen molar-refractivity contribution in [3.8, 4) is 5.75 Å². The molecule has 1 aliphatic carbocycles. The van der Waals surface area contributed by atoms with Crippen molar-refractivity contribution < 1.29 is 14.3 Å². The Labute approximate surface area is 181 Å². The highest BCUT2D eigenvalue weighted by molar-refractivity contribution is 7.99. The average Bonchev–Trinajstić information content (AvgIpc) is 3.28. The molecule has 2 aliphatic rings. The van der Waals surface area contributed by atoms with E-state index in [0.717, 1.165) is 41.7 Å². The van der Waals surface area contributed by atoms with Gasteiger partial charge in [-0.3, -0.25) is 14.5 Å². The van der Waals surface area contributed by atoms with E-state index in [1.165, 1.54) is 9.80 Å². The molecule has 0 spiro atoms. The van der Waals surface area contributed by atoms with Gasteiger partial charge in [-0.25, -0.2) is 0 Å². The summed E-state index contributed by atoms with van der Waals surface area (Å²) in [4.78, 5) is 30.9. The first kappa shape index (κ1) is 21.0. The Kier molecular flexibility index (Phi) is 6.49. The van der Waals surface area contributed by atoms with Crippen LogP contribution in [0.2, 0.25) is 0 Å². The fourth-order valence-corrected chi connectivity index (χ4v) is 5.39. The molecular formula is C23H29N3O3S. The lowest BCUT2D eigenvalue weighted by atomic mass is 9.85. The van der Waals surface area contributed by atoms with Crippen LogP contribution in [-0.2, 0) is 9.59 Å². The first-order chi connectivity index (χ1) is 14.6. The van der Waals surface area contributed by atoms with Crippen molar-refractivity contribution in [2.75, 3.05) is 19.4 Å². The summed E-state index contributed by atoms with van der Waals surface area (Å²) < 4.78 is 5.32. The summed E-state index contributed by atoms with van der Waals surface area (Å²) in [5.74, 6) is 1.44. The molecule has 1 aromatic heterocycles. The van der Waals surface area contributed by atoms with Crippen LogP contribution in [0.1, 0.15) is 32.1 Å². The van der Waals surface area contributed by atoms with Gasteiger partial charge in [0, 0.05) is 40.3 Å². The molecule has 7 heteroatoms. The molecule has 1 aromatic carbocycles. The number of thioether (sulfide) groups is 1. The number of likely N-dealkylation sites (tertiary alicyclic amines) is 1. The zero-order chi connectivity index (χ0) is 21.1. The van der Waals surface area contributed by atoms with Gasteiger partial charge in [-0.1, -0.05) is 18.6 Å². The van der Waals surface area contributed by atoms with Gasteiger partial charge in [-0.05, 0) is 43.9 Å². The molecule has 1 aliphatic heterocycles. The highest BCUT2D eigenvalue weighted by Crippen LogP contribution is 2.35. The van der Waals surface area contributed by atoms with Crippen molar-refractivity contribution in [1.29, 1.82) is 0 Å². The summed E-state index contributed by atoms with van der Waals surface area (Å²) in [7, 11) is 1.67. The Bertz CT molecular complexity index is 928. The van der Waals surface area contributed by atoms with Crippen molar-refractivity contribution in [2.45, 2.75) is 43.0 Å². The molecule has 6 nitrogen and oxygen atoms in total. The molecule has 1 unspecified atom stereocenters. The summed E-state index contributed by atoms with van der Waals surface area (Å²) in [6.07, 6.45) is 10.1. The molecule has 3 N–H and O–H groups in total. The van der Waals surface area contributed by atoms with Gasteiger partial charge in [0.15, 0.2) is 0 Å². The molecule has 2 aromatic rings. The number of nitrogens with zero attached hydrogens (tertiary/aromatic N) is 1. The van der Waals surface area contributed by atoms with Crippen molar-refractivity contribution in [1.82, 2.24) is 9.88 Å². The van der Waals surface area contributed by atoms with E-state index < -0.39 is 0 Å². The number of hydrogen-bond donors (Lipinski definition) is 2. The van der Waals surface area contributed by atoms with E-state index in [-0.39, 0.29) is 29.7 Å². The van der Waals surface area contributed by atoms with E-state index in [4.69, 9.17) is 10.5 Å². The number of carbonyl (C=O) groups excluding carboxylic acids is 2. The number of imide groups is 1. The number of benzene rings is 1. The number of hydrogen-bond acceptors (Lipinski definition) is 5. The Morgan fingerprint density at radius 2 is 1.93 bits per heavy atom. The monoisotopic (exact) mass is 427 g/mol. The first-order valence-electron chi connectivity index (χ1n) is 10.6. The number of nitrogens with one attached hydrogen (secondary N) is 1. The van der Waals surface area contributed by atoms with E-state index in [1.54, 1.807) is 18.9 Å². The molecule has 0 radical (unpaired) electrons. The minimum Gasteiger partial charge on any atom is -0.497 e. The lowest BCUT2D eigenvalue weighted by molar-refractivity contribution is -0.139. The molecule has 0 bridgehead atoms. The predicted octanol–water partition coefficient (Wildman–Crippen LogP) is 3.72. The molecular weight excluding hydrogens is 398 g/mol. The van der Waals surface area contributed by atoms with Crippen LogP contribution in [0.25, 0.3) is 10.9 Å². The minimum absolute atomic E-state index is 0.0176. The van der Waals surface area contributed by atoms with E-state index >= 15 is 0 Å². The topological polar surface area (TPSA) is 88.4 Å². The number of aromatic nitrogens is 1. The van der Waals surface area contributed by atoms with Gasteiger partial charge in [0.2, 0.25) is 11.8 Å². The minimum atomic E-state index is -0.129. The van der Waals surface area contributed by atoms with Crippen LogP contribution < -0.4 is 10.5 Å². The molecule has 30 heavy (non-hydrogen) atoms. The Balaban J connectivity index is 1.21. The number of nitrogens with two attached hydrogens (primary N) is 1. The van der Waals surface area contributed by atoms with Gasteiger partial charge in [0.1, 0.15) is 5.75 Å². The van der Waals surface area contributed by atoms with E-state index in [9.17, 15) is 9.59 Å². The average molecular weight is 428 g/mol. The molecule has 4 rings (SSSR count). The van der Waals surface area contributed by atoms with E-state index in [2.05, 4.69) is 4.98 Å². The summed E-state index contributed by atoms with van der Waals surface area (Å²) in [6, 6.07) is 6.07.